The minimum Gasteiger partial charge on any atom is -0.381 e. The Morgan fingerprint density at radius 1 is 1.14 bits per heavy atom. The molecule has 8 heteroatoms. The molecule has 6 nitrogen and oxygen atoms in total. The predicted octanol–water partition coefficient (Wildman–Crippen LogP) is 3.54. The topological polar surface area (TPSA) is 69.0 Å². The van der Waals surface area contributed by atoms with Gasteiger partial charge in [0.2, 0.25) is 5.91 Å². The van der Waals surface area contributed by atoms with Crippen LogP contribution in [0.4, 0.5) is 0 Å². The van der Waals surface area contributed by atoms with Gasteiger partial charge in [0.15, 0.2) is 0 Å². The van der Waals surface area contributed by atoms with Crippen LogP contribution >= 0.6 is 23.2 Å². The third-order valence-corrected chi connectivity index (χ3v) is 6.31. The summed E-state index contributed by atoms with van der Waals surface area (Å²) in [5.74, 6) is 2.55. The molecule has 0 bridgehead atoms. The molecule has 1 aromatic carbocycles. The molecule has 0 saturated carbocycles. The van der Waals surface area contributed by atoms with Crippen LogP contribution in [0.3, 0.4) is 0 Å². The fraction of sp³-hybridized carbons (Fsp3) is 0.550. The first kappa shape index (κ1) is 19.7. The van der Waals surface area contributed by atoms with Crippen LogP contribution in [-0.2, 0) is 28.9 Å². The second-order valence-corrected chi connectivity index (χ2v) is 8.34. The third kappa shape index (κ3) is 4.50. The van der Waals surface area contributed by atoms with Gasteiger partial charge in [-0.15, -0.1) is 10.2 Å². The zero-order valence-corrected chi connectivity index (χ0v) is 17.2. The van der Waals surface area contributed by atoms with E-state index < -0.39 is 0 Å². The Kier molecular flexibility index (Phi) is 6.19. The maximum Gasteiger partial charge on any atom is 0.224 e. The number of benzene rings is 1. The van der Waals surface area contributed by atoms with Crippen LogP contribution in [0.15, 0.2) is 18.2 Å². The third-order valence-electron chi connectivity index (χ3n) is 5.57. The smallest absolute Gasteiger partial charge is 0.224 e. The van der Waals surface area contributed by atoms with Gasteiger partial charge in [-0.25, -0.2) is 0 Å². The van der Waals surface area contributed by atoms with Gasteiger partial charge in [0.05, 0.1) is 16.5 Å². The van der Waals surface area contributed by atoms with Crippen LogP contribution in [0.25, 0.3) is 0 Å². The predicted molar refractivity (Wildman–Crippen MR) is 108 cm³/mol. The highest BCUT2D eigenvalue weighted by atomic mass is 35.5. The van der Waals surface area contributed by atoms with Crippen molar-refractivity contribution in [1.29, 1.82) is 0 Å². The Morgan fingerprint density at radius 3 is 2.75 bits per heavy atom. The second kappa shape index (κ2) is 8.80. The number of rotatable bonds is 4. The van der Waals surface area contributed by atoms with Gasteiger partial charge in [-0.3, -0.25) is 4.79 Å². The highest BCUT2D eigenvalue weighted by Crippen LogP contribution is 2.28. The lowest BCUT2D eigenvalue weighted by molar-refractivity contribution is -0.121. The molecule has 0 aliphatic carbocycles. The van der Waals surface area contributed by atoms with Crippen molar-refractivity contribution in [1.82, 2.24) is 20.1 Å². The van der Waals surface area contributed by atoms with Gasteiger partial charge in [0.25, 0.3) is 0 Å². The summed E-state index contributed by atoms with van der Waals surface area (Å²) in [5.41, 5.74) is 0.861. The van der Waals surface area contributed by atoms with E-state index in [2.05, 4.69) is 20.1 Å². The fourth-order valence-corrected chi connectivity index (χ4v) is 4.35. The Balaban J connectivity index is 1.35. The summed E-state index contributed by atoms with van der Waals surface area (Å²) in [6.45, 7) is 2.42. The number of hydrogen-bond donors (Lipinski definition) is 1. The molecule has 0 radical (unpaired) electrons. The second-order valence-electron chi connectivity index (χ2n) is 7.53. The van der Waals surface area contributed by atoms with Crippen LogP contribution in [-0.4, -0.2) is 39.9 Å². The van der Waals surface area contributed by atoms with Crippen molar-refractivity contribution in [3.63, 3.8) is 0 Å². The van der Waals surface area contributed by atoms with Crippen molar-refractivity contribution in [2.75, 3.05) is 13.2 Å². The minimum absolute atomic E-state index is 0.00528. The summed E-state index contributed by atoms with van der Waals surface area (Å²) in [6.07, 6.45) is 4.89. The van der Waals surface area contributed by atoms with Crippen molar-refractivity contribution in [3.8, 4) is 0 Å². The standard InChI is InChI=1S/C20H24Cl2N4O2/c21-16-3-1-13(11-17(16)22)12-19(27)23-15-2-4-18-24-25-20(26(18)8-5-15)14-6-9-28-10-7-14/h1,3,11,14-15H,2,4-10,12H2,(H,23,27). The van der Waals surface area contributed by atoms with E-state index in [-0.39, 0.29) is 11.9 Å². The molecule has 1 unspecified atom stereocenters. The van der Waals surface area contributed by atoms with Crippen molar-refractivity contribution in [2.24, 2.45) is 0 Å². The highest BCUT2D eigenvalue weighted by molar-refractivity contribution is 6.42. The van der Waals surface area contributed by atoms with E-state index in [4.69, 9.17) is 27.9 Å². The molecule has 1 atom stereocenters. The summed E-state index contributed by atoms with van der Waals surface area (Å²) in [5, 5.41) is 13.0. The Labute approximate surface area is 174 Å². The molecule has 28 heavy (non-hydrogen) atoms. The Hall–Kier alpha value is -1.63. The number of nitrogens with one attached hydrogen (secondary N) is 1. The van der Waals surface area contributed by atoms with Crippen LogP contribution in [0.1, 0.15) is 48.8 Å². The van der Waals surface area contributed by atoms with Crippen LogP contribution in [0.2, 0.25) is 10.0 Å². The van der Waals surface area contributed by atoms with Crippen LogP contribution < -0.4 is 5.32 Å². The molecule has 1 fully saturated rings. The average Bonchev–Trinajstić information content (AvgIpc) is 3.00. The first-order valence-corrected chi connectivity index (χ1v) is 10.6. The molecule has 0 spiro atoms. The summed E-state index contributed by atoms with van der Waals surface area (Å²) < 4.78 is 7.73. The van der Waals surface area contributed by atoms with Gasteiger partial charge < -0.3 is 14.6 Å². The molecule has 1 N–H and O–H groups in total. The lowest BCUT2D eigenvalue weighted by atomic mass is 9.99. The fourth-order valence-electron chi connectivity index (χ4n) is 4.03. The average molecular weight is 423 g/mol. The van der Waals surface area contributed by atoms with E-state index in [1.54, 1.807) is 12.1 Å². The first-order valence-electron chi connectivity index (χ1n) is 9.83. The van der Waals surface area contributed by atoms with Crippen LogP contribution in [0.5, 0.6) is 0 Å². The molecular weight excluding hydrogens is 399 g/mol. The number of nitrogens with zero attached hydrogens (tertiary/aromatic N) is 3. The first-order chi connectivity index (χ1) is 13.6. The van der Waals surface area contributed by atoms with Crippen molar-refractivity contribution in [2.45, 2.75) is 57.0 Å². The number of hydrogen-bond acceptors (Lipinski definition) is 4. The molecule has 2 aliphatic heterocycles. The molecule has 2 aromatic rings. The maximum absolute atomic E-state index is 12.5. The lowest BCUT2D eigenvalue weighted by Crippen LogP contribution is -2.36. The lowest BCUT2D eigenvalue weighted by Gasteiger charge is -2.22. The number of carbonyl (C=O) groups excluding carboxylic acids is 1. The van der Waals surface area contributed by atoms with E-state index in [0.717, 1.165) is 69.1 Å². The molecule has 1 aromatic heterocycles. The summed E-state index contributed by atoms with van der Waals surface area (Å²) in [7, 11) is 0. The zero-order chi connectivity index (χ0) is 19.5. The van der Waals surface area contributed by atoms with Crippen LogP contribution in [0, 0.1) is 0 Å². The van der Waals surface area contributed by atoms with Crippen molar-refractivity contribution in [3.05, 3.63) is 45.5 Å². The SMILES string of the molecule is O=C(Cc1ccc(Cl)c(Cl)c1)NC1CCc2nnc(C3CCOCC3)n2CC1. The largest absolute Gasteiger partial charge is 0.381 e. The highest BCUT2D eigenvalue weighted by Gasteiger charge is 2.26. The normalized spacial score (nSPS) is 20.4. The number of aromatic nitrogens is 3. The molecule has 4 rings (SSSR count). The van der Waals surface area contributed by atoms with E-state index >= 15 is 0 Å². The number of aryl methyl sites for hydroxylation is 1. The number of halogens is 2. The Bertz CT molecular complexity index is 849. The van der Waals surface area contributed by atoms with Gasteiger partial charge in [-0.2, -0.15) is 0 Å². The summed E-state index contributed by atoms with van der Waals surface area (Å²) >= 11 is 12.0. The van der Waals surface area contributed by atoms with Gasteiger partial charge >= 0.3 is 0 Å². The minimum atomic E-state index is 0.00528. The van der Waals surface area contributed by atoms with Gasteiger partial charge in [-0.05, 0) is 43.4 Å². The molecular formula is C20H24Cl2N4O2. The molecule has 1 saturated heterocycles. The maximum atomic E-state index is 12.5. The molecule has 3 heterocycles. The number of fused-ring (bicyclic) bond motifs is 1. The zero-order valence-electron chi connectivity index (χ0n) is 15.7. The van der Waals surface area contributed by atoms with Gasteiger partial charge in [-0.1, -0.05) is 29.3 Å². The number of amides is 1. The summed E-state index contributed by atoms with van der Waals surface area (Å²) in [4.78, 5) is 12.5. The monoisotopic (exact) mass is 422 g/mol. The number of carbonyl (C=O) groups is 1. The van der Waals surface area contributed by atoms with Gasteiger partial charge in [0.1, 0.15) is 11.6 Å². The van der Waals surface area contributed by atoms with E-state index in [0.29, 0.717) is 22.4 Å². The Morgan fingerprint density at radius 2 is 1.96 bits per heavy atom. The van der Waals surface area contributed by atoms with E-state index in [1.807, 2.05) is 6.07 Å². The van der Waals surface area contributed by atoms with Crippen molar-refractivity contribution < 1.29 is 9.53 Å². The van der Waals surface area contributed by atoms with Crippen molar-refractivity contribution >= 4 is 29.1 Å². The number of ether oxygens (including phenoxy) is 1. The molecule has 1 amide bonds. The molecule has 2 aliphatic rings. The van der Waals surface area contributed by atoms with E-state index in [1.165, 1.54) is 0 Å². The van der Waals surface area contributed by atoms with E-state index in [9.17, 15) is 4.79 Å². The summed E-state index contributed by atoms with van der Waals surface area (Å²) in [6, 6.07) is 5.45. The van der Waals surface area contributed by atoms with Gasteiger partial charge in [0, 0.05) is 38.1 Å². The molecule has 150 valence electrons. The quantitative estimate of drug-likeness (QED) is 0.817.